The second-order valence-electron chi connectivity index (χ2n) is 19.8. The van der Waals surface area contributed by atoms with E-state index in [0.717, 1.165) is 132 Å². The fraction of sp³-hybridized carbons (Fsp3) is 0.302. The van der Waals surface area contributed by atoms with E-state index in [9.17, 15) is 16.8 Å². The Hall–Kier alpha value is -7.27. The van der Waals surface area contributed by atoms with Gasteiger partial charge in [-0.2, -0.15) is 16.8 Å². The molecule has 17 nitrogen and oxygen atoms in total. The van der Waals surface area contributed by atoms with Gasteiger partial charge >= 0.3 is 0 Å². The summed E-state index contributed by atoms with van der Waals surface area (Å²) in [6.45, 7) is 3.31. The van der Waals surface area contributed by atoms with E-state index in [1.807, 2.05) is 84.9 Å². The minimum absolute atomic E-state index is 0.0472. The zero-order chi connectivity index (χ0) is 58.0. The maximum absolute atomic E-state index is 11.6. The van der Waals surface area contributed by atoms with Crippen LogP contribution in [-0.4, -0.2) is 103 Å². The predicted octanol–water partition coefficient (Wildman–Crippen LogP) is 9.07. The number of aromatic nitrogens is 4. The highest BCUT2D eigenvalue weighted by Gasteiger charge is 2.20. The quantitative estimate of drug-likeness (QED) is 0.0105. The number of nitrogens with one attached hydrogen (secondary N) is 4. The number of H-pyrrole nitrogens is 4. The molecule has 9 rings (SSSR count). The Labute approximate surface area is 488 Å². The van der Waals surface area contributed by atoms with Gasteiger partial charge in [0.2, 0.25) is 0 Å². The predicted molar refractivity (Wildman–Crippen MR) is 322 cm³/mol. The molecule has 20 heteroatoms. The molecule has 0 atom stereocenters. The summed E-state index contributed by atoms with van der Waals surface area (Å²) in [5.74, 6) is 2.57. The van der Waals surface area contributed by atoms with Crippen molar-refractivity contribution >= 4 is 54.9 Å². The molecule has 4 N–H and O–H groups in total. The fourth-order valence-electron chi connectivity index (χ4n) is 9.83. The lowest BCUT2D eigenvalue weighted by Gasteiger charge is -2.12. The largest absolute Gasteiger partial charge is 0.494 e. The standard InChI is InChI=1S/C63H70N4O13S3/c1-5-6-7-8-9-10-11-12-37-73-48-21-13-44(14-22-48)60-52-29-31-56(64-52)62(46-17-25-50(26-18-46)75-39-42-78-82(3,68)69)58-35-33-54(66-58)61(45-15-23-49(24-16-45)74-38-41-77-81-80-72-2)55-34-36-59(67-55)63(57-32-30-53(60)65-57)47-19-27-51(28-20-47)76-40-43-79-83(4,70)71/h13-36,64-67H,5-12,37-43H2,1-4H3. The van der Waals surface area contributed by atoms with E-state index < -0.39 is 20.2 Å². The van der Waals surface area contributed by atoms with E-state index in [0.29, 0.717) is 23.9 Å². The molecule has 0 fully saturated rings. The minimum atomic E-state index is -3.61. The van der Waals surface area contributed by atoms with Gasteiger partial charge in [-0.3, -0.25) is 12.5 Å². The van der Waals surface area contributed by atoms with Crippen molar-refractivity contribution in [3.8, 4) is 23.0 Å². The number of benzene rings is 4. The Kier molecular flexibility index (Phi) is 21.3. The van der Waals surface area contributed by atoms with Crippen LogP contribution in [0.25, 0.3) is 22.3 Å². The van der Waals surface area contributed by atoms with Crippen LogP contribution in [0.4, 0.5) is 0 Å². The van der Waals surface area contributed by atoms with E-state index in [2.05, 4.69) is 92.4 Å². The van der Waals surface area contributed by atoms with Gasteiger partial charge in [-0.25, -0.2) is 4.89 Å². The Morgan fingerprint density at radius 1 is 0.361 bits per heavy atom. The van der Waals surface area contributed by atoms with Gasteiger partial charge < -0.3 is 38.9 Å². The first-order valence-corrected chi connectivity index (χ1v) is 32.0. The molecule has 83 heavy (non-hydrogen) atoms. The van der Waals surface area contributed by atoms with Gasteiger partial charge in [0.25, 0.3) is 20.2 Å². The highest BCUT2D eigenvalue weighted by Crippen LogP contribution is 2.31. The molecule has 0 unspecified atom stereocenters. The molecular weight excluding hydrogens is 1120 g/mol. The van der Waals surface area contributed by atoms with Gasteiger partial charge in [0.1, 0.15) is 56.0 Å². The second-order valence-corrected chi connectivity index (χ2v) is 23.6. The number of unbranched alkanes of at least 4 members (excludes halogenated alkanes) is 7. The van der Waals surface area contributed by atoms with Crippen LogP contribution < -0.4 is 40.3 Å². The van der Waals surface area contributed by atoms with Crippen LogP contribution in [0.1, 0.15) is 103 Å². The van der Waals surface area contributed by atoms with Crippen molar-refractivity contribution in [3.63, 3.8) is 0 Å². The zero-order valence-electron chi connectivity index (χ0n) is 47.0. The maximum atomic E-state index is 11.6. The number of hydrogen-bond donors (Lipinski definition) is 4. The second kappa shape index (κ2) is 29.3. The van der Waals surface area contributed by atoms with Gasteiger partial charge in [-0.1, -0.05) is 100 Å². The van der Waals surface area contributed by atoms with Crippen molar-refractivity contribution in [1.82, 2.24) is 19.9 Å². The SMILES string of the molecule is CCCCCCCCCCOc1ccc(C2=c3ccc([nH]3)=C(c3ccc(OCCOS(C)(=O)=O)cc3)c3ccc([nH]3)C(c3ccc(OCCOSOOC)cc3)=c3ccc([nH]3)=C(c3ccc(OCCOS(C)(=O)=O)cc3)c3ccc2[nH]3)cc1. The van der Waals surface area contributed by atoms with Gasteiger partial charge in [0, 0.05) is 66.5 Å². The topological polar surface area (TPSA) is 215 Å². The molecule has 5 heterocycles. The summed E-state index contributed by atoms with van der Waals surface area (Å²) in [4.78, 5) is 19.9. The van der Waals surface area contributed by atoms with Crippen molar-refractivity contribution in [2.75, 3.05) is 65.9 Å². The summed E-state index contributed by atoms with van der Waals surface area (Å²) in [6, 6.07) is 48.2. The lowest BCUT2D eigenvalue weighted by molar-refractivity contribution is -0.166. The molecule has 1 aliphatic rings. The molecule has 0 aliphatic carbocycles. The molecule has 8 aromatic rings. The van der Waals surface area contributed by atoms with Crippen molar-refractivity contribution < 1.29 is 57.6 Å². The maximum Gasteiger partial charge on any atom is 0.264 e. The molecule has 4 aromatic carbocycles. The zero-order valence-corrected chi connectivity index (χ0v) is 49.4. The number of ether oxygens (including phenoxy) is 4. The fourth-order valence-corrected chi connectivity index (χ4v) is 10.8. The van der Waals surface area contributed by atoms with Gasteiger partial charge in [-0.05, 0) is 126 Å². The summed E-state index contributed by atoms with van der Waals surface area (Å²) in [7, 11) is -5.83. The van der Waals surface area contributed by atoms with Crippen LogP contribution in [0, 0.1) is 0 Å². The first-order chi connectivity index (χ1) is 40.3. The molecule has 0 radical (unpaired) electrons. The Morgan fingerprint density at radius 2 is 0.675 bits per heavy atom. The van der Waals surface area contributed by atoms with E-state index in [4.69, 9.17) is 35.8 Å². The monoisotopic (exact) mass is 1190 g/mol. The van der Waals surface area contributed by atoms with Crippen LogP contribution in [0.15, 0.2) is 146 Å². The molecule has 4 aromatic heterocycles. The van der Waals surface area contributed by atoms with Crippen LogP contribution in [0.2, 0.25) is 0 Å². The number of fused-ring (bicyclic) bond motifs is 8. The van der Waals surface area contributed by atoms with E-state index in [1.165, 1.54) is 45.6 Å². The normalized spacial score (nSPS) is 12.7. The van der Waals surface area contributed by atoms with Crippen LogP contribution >= 0.6 is 12.3 Å². The molecule has 0 spiro atoms. The smallest absolute Gasteiger partial charge is 0.264 e. The number of aromatic amines is 4. The molecular formula is C63H70N4O13S3. The molecule has 8 bridgehead atoms. The average Bonchev–Trinajstić information content (AvgIpc) is 4.46. The summed E-state index contributed by atoms with van der Waals surface area (Å²) in [6.07, 6.45) is 11.8. The van der Waals surface area contributed by atoms with Crippen molar-refractivity contribution in [3.05, 3.63) is 212 Å². The third-order valence-electron chi connectivity index (χ3n) is 13.6. The van der Waals surface area contributed by atoms with Crippen LogP contribution in [0.3, 0.4) is 0 Å². The third-order valence-corrected chi connectivity index (χ3v) is 15.3. The lowest BCUT2D eigenvalue weighted by Crippen LogP contribution is -2.19. The van der Waals surface area contributed by atoms with Crippen LogP contribution in [-0.2, 0) is 42.0 Å². The van der Waals surface area contributed by atoms with Crippen molar-refractivity contribution in [2.45, 2.75) is 58.3 Å². The molecule has 1 aliphatic heterocycles. The summed E-state index contributed by atoms with van der Waals surface area (Å²) >= 11 is 0.732. The third kappa shape index (κ3) is 17.2. The first-order valence-electron chi connectivity index (χ1n) is 27.7. The summed E-state index contributed by atoms with van der Waals surface area (Å²) in [5.41, 5.74) is 10.6. The molecule has 0 amide bonds. The Morgan fingerprint density at radius 3 is 1.00 bits per heavy atom. The summed E-state index contributed by atoms with van der Waals surface area (Å²) in [5, 5.41) is 3.35. The number of rotatable bonds is 31. The van der Waals surface area contributed by atoms with Gasteiger partial charge in [0.05, 0.1) is 32.8 Å². The number of hydrogen-bond acceptors (Lipinski definition) is 14. The van der Waals surface area contributed by atoms with E-state index >= 15 is 0 Å². The van der Waals surface area contributed by atoms with Crippen molar-refractivity contribution in [2.24, 2.45) is 0 Å². The Balaban J connectivity index is 1.16. The minimum Gasteiger partial charge on any atom is -0.494 e. The van der Waals surface area contributed by atoms with Gasteiger partial charge in [-0.15, -0.1) is 4.33 Å². The molecule has 0 saturated carbocycles. The van der Waals surface area contributed by atoms with Gasteiger partial charge in [0.15, 0.2) is 12.3 Å². The highest BCUT2D eigenvalue weighted by molar-refractivity contribution is 7.89. The highest BCUT2D eigenvalue weighted by atomic mass is 32.2. The van der Waals surface area contributed by atoms with Crippen LogP contribution in [0.5, 0.6) is 23.0 Å². The molecule has 0 saturated heterocycles. The summed E-state index contributed by atoms with van der Waals surface area (Å²) < 4.78 is 90.4. The average molecular weight is 1190 g/mol. The molecule has 438 valence electrons. The van der Waals surface area contributed by atoms with Crippen molar-refractivity contribution in [1.29, 1.82) is 0 Å². The Bertz CT molecular complexity index is 3870. The van der Waals surface area contributed by atoms with E-state index in [-0.39, 0.29) is 39.6 Å². The lowest BCUT2D eigenvalue weighted by atomic mass is 10.0. The first kappa shape index (κ1) is 60.3. The van der Waals surface area contributed by atoms with E-state index in [1.54, 1.807) is 0 Å².